The molecule has 0 fully saturated rings. The second-order valence-corrected chi connectivity index (χ2v) is 3.42. The highest BCUT2D eigenvalue weighted by molar-refractivity contribution is 7.80. The van der Waals surface area contributed by atoms with Crippen LogP contribution in [0.1, 0.15) is 16.7 Å². The van der Waals surface area contributed by atoms with Gasteiger partial charge >= 0.3 is 0 Å². The highest BCUT2D eigenvalue weighted by atomic mass is 32.1. The molecule has 0 spiro atoms. The van der Waals surface area contributed by atoms with E-state index in [0.29, 0.717) is 6.54 Å². The third-order valence-corrected chi connectivity index (χ3v) is 2.42. The van der Waals surface area contributed by atoms with Gasteiger partial charge in [-0.05, 0) is 30.5 Å². The van der Waals surface area contributed by atoms with Crippen molar-refractivity contribution in [3.63, 3.8) is 0 Å². The Bertz CT molecular complexity index is 305. The van der Waals surface area contributed by atoms with E-state index >= 15 is 0 Å². The molecule has 0 aromatic heterocycles. The molecule has 0 atom stereocenters. The summed E-state index contributed by atoms with van der Waals surface area (Å²) in [6, 6.07) is 6.19. The van der Waals surface area contributed by atoms with Crippen LogP contribution < -0.4 is 5.73 Å². The van der Waals surface area contributed by atoms with Crippen LogP contribution in [0.4, 0.5) is 0 Å². The molecule has 0 radical (unpaired) electrons. The van der Waals surface area contributed by atoms with Crippen molar-refractivity contribution in [2.45, 2.75) is 13.8 Å². The fourth-order valence-electron chi connectivity index (χ4n) is 1.03. The van der Waals surface area contributed by atoms with Gasteiger partial charge in [0.2, 0.25) is 0 Å². The summed E-state index contributed by atoms with van der Waals surface area (Å²) >= 11 is 5.10. The average Bonchev–Trinajstić information content (AvgIpc) is 2.08. The predicted molar refractivity (Wildman–Crippen MR) is 56.7 cm³/mol. The van der Waals surface area contributed by atoms with E-state index in [4.69, 9.17) is 18.0 Å². The number of hydrogen-bond donors (Lipinski definition) is 1. The van der Waals surface area contributed by atoms with Gasteiger partial charge in [0.25, 0.3) is 0 Å². The summed E-state index contributed by atoms with van der Waals surface area (Å²) in [5, 5.41) is 0. The summed E-state index contributed by atoms with van der Waals surface area (Å²) in [5.41, 5.74) is 9.09. The van der Waals surface area contributed by atoms with Gasteiger partial charge in [0, 0.05) is 11.4 Å². The van der Waals surface area contributed by atoms with Gasteiger partial charge in [-0.25, -0.2) is 0 Å². The normalized spacial score (nSPS) is 9.92. The second kappa shape index (κ2) is 3.78. The van der Waals surface area contributed by atoms with Crippen molar-refractivity contribution in [2.75, 3.05) is 6.54 Å². The number of rotatable bonds is 2. The van der Waals surface area contributed by atoms with Crippen LogP contribution in [0.5, 0.6) is 0 Å². The standard InChI is InChI=1S/C10H13NS/c1-7-3-4-9(5-8(7)2)10(12)6-11/h3-5H,6,11H2,1-2H3. The molecule has 0 bridgehead atoms. The maximum atomic E-state index is 5.45. The smallest absolute Gasteiger partial charge is 0.0360 e. The van der Waals surface area contributed by atoms with Gasteiger partial charge in [-0.15, -0.1) is 0 Å². The lowest BCUT2D eigenvalue weighted by atomic mass is 10.0. The zero-order valence-corrected chi connectivity index (χ0v) is 8.24. The highest BCUT2D eigenvalue weighted by Gasteiger charge is 1.99. The van der Waals surface area contributed by atoms with Gasteiger partial charge in [0.05, 0.1) is 0 Å². The minimum absolute atomic E-state index is 0.456. The number of benzene rings is 1. The van der Waals surface area contributed by atoms with E-state index in [1.165, 1.54) is 11.1 Å². The maximum absolute atomic E-state index is 5.45. The van der Waals surface area contributed by atoms with E-state index in [1.807, 2.05) is 6.07 Å². The Morgan fingerprint density at radius 3 is 2.50 bits per heavy atom. The van der Waals surface area contributed by atoms with Crippen molar-refractivity contribution < 1.29 is 0 Å². The SMILES string of the molecule is Cc1ccc(C(=S)CN)cc1C. The van der Waals surface area contributed by atoms with Crippen LogP contribution in [0.3, 0.4) is 0 Å². The Labute approximate surface area is 78.6 Å². The Morgan fingerprint density at radius 2 is 2.00 bits per heavy atom. The van der Waals surface area contributed by atoms with Crippen LogP contribution in [0.25, 0.3) is 0 Å². The van der Waals surface area contributed by atoms with Crippen molar-refractivity contribution in [1.29, 1.82) is 0 Å². The Hall–Kier alpha value is -0.730. The number of thiocarbonyl (C=S) groups is 1. The van der Waals surface area contributed by atoms with Gasteiger partial charge in [-0.3, -0.25) is 0 Å². The lowest BCUT2D eigenvalue weighted by Crippen LogP contribution is -2.12. The Morgan fingerprint density at radius 1 is 1.33 bits per heavy atom. The van der Waals surface area contributed by atoms with Crippen molar-refractivity contribution >= 4 is 17.1 Å². The van der Waals surface area contributed by atoms with E-state index in [2.05, 4.69) is 26.0 Å². The molecule has 0 heterocycles. The molecule has 2 heteroatoms. The predicted octanol–water partition coefficient (Wildman–Crippen LogP) is 1.98. The van der Waals surface area contributed by atoms with Crippen LogP contribution in [0.15, 0.2) is 18.2 Å². The lowest BCUT2D eigenvalue weighted by Gasteiger charge is -2.04. The molecule has 1 aromatic carbocycles. The zero-order chi connectivity index (χ0) is 9.14. The van der Waals surface area contributed by atoms with Crippen molar-refractivity contribution in [3.8, 4) is 0 Å². The lowest BCUT2D eigenvalue weighted by molar-refractivity contribution is 1.30. The van der Waals surface area contributed by atoms with Crippen LogP contribution in [-0.4, -0.2) is 11.4 Å². The van der Waals surface area contributed by atoms with E-state index < -0.39 is 0 Å². The van der Waals surface area contributed by atoms with Crippen LogP contribution in [-0.2, 0) is 0 Å². The highest BCUT2D eigenvalue weighted by Crippen LogP contribution is 2.10. The van der Waals surface area contributed by atoms with E-state index in [9.17, 15) is 0 Å². The molecule has 0 saturated carbocycles. The van der Waals surface area contributed by atoms with Crippen LogP contribution >= 0.6 is 12.2 Å². The number of nitrogens with two attached hydrogens (primary N) is 1. The summed E-state index contributed by atoms with van der Waals surface area (Å²) in [5.74, 6) is 0. The molecule has 1 nitrogen and oxygen atoms in total. The number of aryl methyl sites for hydroxylation is 2. The van der Waals surface area contributed by atoms with Crippen LogP contribution in [0.2, 0.25) is 0 Å². The fraction of sp³-hybridized carbons (Fsp3) is 0.300. The molecule has 0 saturated heterocycles. The van der Waals surface area contributed by atoms with Gasteiger partial charge in [-0.2, -0.15) is 0 Å². The first-order valence-electron chi connectivity index (χ1n) is 3.95. The monoisotopic (exact) mass is 179 g/mol. The maximum Gasteiger partial charge on any atom is 0.0360 e. The molecule has 0 aliphatic heterocycles. The quantitative estimate of drug-likeness (QED) is 0.555. The molecule has 0 aliphatic carbocycles. The molecule has 1 rings (SSSR count). The first kappa shape index (κ1) is 9.36. The van der Waals surface area contributed by atoms with Gasteiger partial charge in [-0.1, -0.05) is 30.4 Å². The molecule has 1 aromatic rings. The fourth-order valence-corrected chi connectivity index (χ4v) is 1.16. The largest absolute Gasteiger partial charge is 0.326 e. The molecule has 0 unspecified atom stereocenters. The average molecular weight is 179 g/mol. The molecule has 64 valence electrons. The van der Waals surface area contributed by atoms with Crippen molar-refractivity contribution in [2.24, 2.45) is 5.73 Å². The van der Waals surface area contributed by atoms with Crippen LogP contribution in [0, 0.1) is 13.8 Å². The topological polar surface area (TPSA) is 26.0 Å². The summed E-state index contributed by atoms with van der Waals surface area (Å²) in [6.07, 6.45) is 0. The Kier molecular flexibility index (Phi) is 2.95. The summed E-state index contributed by atoms with van der Waals surface area (Å²) < 4.78 is 0. The first-order valence-corrected chi connectivity index (χ1v) is 4.36. The minimum atomic E-state index is 0.456. The van der Waals surface area contributed by atoms with Crippen molar-refractivity contribution in [1.82, 2.24) is 0 Å². The summed E-state index contributed by atoms with van der Waals surface area (Å²) in [4.78, 5) is 0.832. The zero-order valence-electron chi connectivity index (χ0n) is 7.42. The second-order valence-electron chi connectivity index (χ2n) is 2.93. The Balaban J connectivity index is 3.05. The van der Waals surface area contributed by atoms with Gasteiger partial charge in [0.1, 0.15) is 0 Å². The molecule has 12 heavy (non-hydrogen) atoms. The van der Waals surface area contributed by atoms with Crippen molar-refractivity contribution in [3.05, 3.63) is 34.9 Å². The van der Waals surface area contributed by atoms with Gasteiger partial charge < -0.3 is 5.73 Å². The molecule has 0 amide bonds. The summed E-state index contributed by atoms with van der Waals surface area (Å²) in [6.45, 7) is 4.63. The third-order valence-electron chi connectivity index (χ3n) is 2.01. The van der Waals surface area contributed by atoms with E-state index in [-0.39, 0.29) is 0 Å². The van der Waals surface area contributed by atoms with Gasteiger partial charge in [0.15, 0.2) is 0 Å². The molecule has 0 aliphatic rings. The molecular weight excluding hydrogens is 166 g/mol. The number of hydrogen-bond acceptors (Lipinski definition) is 2. The summed E-state index contributed by atoms with van der Waals surface area (Å²) in [7, 11) is 0. The van der Waals surface area contributed by atoms with E-state index in [1.54, 1.807) is 0 Å². The first-order chi connectivity index (χ1) is 5.65. The molecule has 2 N–H and O–H groups in total. The minimum Gasteiger partial charge on any atom is -0.326 e. The van der Waals surface area contributed by atoms with E-state index in [0.717, 1.165) is 10.4 Å². The molecular formula is C10H13NS. The third kappa shape index (κ3) is 1.90.